The Hall–Kier alpha value is -0.480. The van der Waals surface area contributed by atoms with E-state index in [-0.39, 0.29) is 5.91 Å². The third kappa shape index (κ3) is 3.40. The Balaban J connectivity index is 2.27. The second-order valence-corrected chi connectivity index (χ2v) is 3.57. The van der Waals surface area contributed by atoms with Crippen LogP contribution in [0.15, 0.2) is 12.2 Å². The molecule has 1 saturated heterocycles. The molecule has 1 N–H and O–H groups in total. The highest BCUT2D eigenvalue weighted by molar-refractivity contribution is 7.80. The standard InChI is InChI=1S/C9H16N2OS/c1-8(9(12)10-7-13)6-11-4-2-3-5-11/h13H,1-7H2,(H,10,12). The smallest absolute Gasteiger partial charge is 0.248 e. The van der Waals surface area contributed by atoms with Crippen LogP contribution in [0, 0.1) is 0 Å². The number of amides is 1. The maximum absolute atomic E-state index is 11.2. The molecule has 1 heterocycles. The number of nitrogens with zero attached hydrogens (tertiary/aromatic N) is 1. The molecule has 0 saturated carbocycles. The highest BCUT2D eigenvalue weighted by atomic mass is 32.1. The van der Waals surface area contributed by atoms with Gasteiger partial charge in [-0.15, -0.1) is 0 Å². The molecule has 0 unspecified atom stereocenters. The molecule has 0 aromatic heterocycles. The van der Waals surface area contributed by atoms with Gasteiger partial charge in [-0.25, -0.2) is 0 Å². The zero-order valence-electron chi connectivity index (χ0n) is 7.75. The molecule has 0 aromatic rings. The SMILES string of the molecule is C=C(CN1CCCC1)C(=O)NCS. The lowest BCUT2D eigenvalue weighted by Crippen LogP contribution is -2.30. The summed E-state index contributed by atoms with van der Waals surface area (Å²) in [5, 5.41) is 2.62. The molecule has 4 heteroatoms. The van der Waals surface area contributed by atoms with Crippen molar-refractivity contribution in [2.75, 3.05) is 25.5 Å². The normalized spacial score (nSPS) is 17.3. The van der Waals surface area contributed by atoms with Crippen molar-refractivity contribution in [3.63, 3.8) is 0 Å². The van der Waals surface area contributed by atoms with Gasteiger partial charge in [-0.3, -0.25) is 9.69 Å². The average Bonchev–Trinajstić information content (AvgIpc) is 2.57. The van der Waals surface area contributed by atoms with Crippen LogP contribution < -0.4 is 5.32 Å². The molecular weight excluding hydrogens is 184 g/mol. The minimum absolute atomic E-state index is 0.0816. The number of thiol groups is 1. The first-order valence-corrected chi connectivity index (χ1v) is 5.16. The largest absolute Gasteiger partial charge is 0.344 e. The summed E-state index contributed by atoms with van der Waals surface area (Å²) in [7, 11) is 0. The van der Waals surface area contributed by atoms with Gasteiger partial charge in [0.15, 0.2) is 0 Å². The average molecular weight is 200 g/mol. The molecule has 3 nitrogen and oxygen atoms in total. The number of likely N-dealkylation sites (tertiary alicyclic amines) is 1. The Bertz CT molecular complexity index is 200. The second kappa shape index (κ2) is 5.29. The first kappa shape index (κ1) is 10.6. The van der Waals surface area contributed by atoms with Gasteiger partial charge in [0.25, 0.3) is 0 Å². The lowest BCUT2D eigenvalue weighted by molar-refractivity contribution is -0.117. The van der Waals surface area contributed by atoms with Crippen molar-refractivity contribution in [3.05, 3.63) is 12.2 Å². The van der Waals surface area contributed by atoms with Gasteiger partial charge in [0.2, 0.25) is 5.91 Å². The number of hydrogen-bond acceptors (Lipinski definition) is 3. The fourth-order valence-electron chi connectivity index (χ4n) is 1.48. The zero-order chi connectivity index (χ0) is 9.68. The molecule has 0 atom stereocenters. The number of hydrogen-bond donors (Lipinski definition) is 2. The van der Waals surface area contributed by atoms with Crippen molar-refractivity contribution >= 4 is 18.5 Å². The number of rotatable bonds is 4. The Labute approximate surface area is 84.6 Å². The molecular formula is C9H16N2OS. The molecule has 0 aromatic carbocycles. The summed E-state index contributed by atoms with van der Waals surface area (Å²) < 4.78 is 0. The van der Waals surface area contributed by atoms with Crippen LogP contribution in [0.5, 0.6) is 0 Å². The quantitative estimate of drug-likeness (QED) is 0.396. The van der Waals surface area contributed by atoms with E-state index < -0.39 is 0 Å². The van der Waals surface area contributed by atoms with E-state index in [1.165, 1.54) is 12.8 Å². The van der Waals surface area contributed by atoms with Crippen LogP contribution in [0.25, 0.3) is 0 Å². The van der Waals surface area contributed by atoms with Crippen molar-refractivity contribution in [2.45, 2.75) is 12.8 Å². The first-order valence-electron chi connectivity index (χ1n) is 4.53. The Kier molecular flexibility index (Phi) is 4.32. The van der Waals surface area contributed by atoms with Gasteiger partial charge in [0.05, 0.1) is 5.88 Å². The Morgan fingerprint density at radius 3 is 2.62 bits per heavy atom. The summed E-state index contributed by atoms with van der Waals surface area (Å²) >= 11 is 3.92. The molecule has 74 valence electrons. The monoisotopic (exact) mass is 200 g/mol. The third-order valence-corrected chi connectivity index (χ3v) is 2.33. The number of nitrogens with one attached hydrogen (secondary N) is 1. The first-order chi connectivity index (χ1) is 6.24. The van der Waals surface area contributed by atoms with Crippen molar-refractivity contribution in [1.29, 1.82) is 0 Å². The van der Waals surface area contributed by atoms with Crippen molar-refractivity contribution in [2.24, 2.45) is 0 Å². The predicted octanol–water partition coefficient (Wildman–Crippen LogP) is 0.642. The van der Waals surface area contributed by atoms with Crippen molar-refractivity contribution in [1.82, 2.24) is 10.2 Å². The summed E-state index contributed by atoms with van der Waals surface area (Å²) in [5.41, 5.74) is 0.635. The predicted molar refractivity (Wildman–Crippen MR) is 56.8 cm³/mol. The minimum atomic E-state index is -0.0816. The lowest BCUT2D eigenvalue weighted by atomic mass is 10.2. The minimum Gasteiger partial charge on any atom is -0.344 e. The summed E-state index contributed by atoms with van der Waals surface area (Å²) in [6.07, 6.45) is 2.48. The van der Waals surface area contributed by atoms with Gasteiger partial charge in [0.1, 0.15) is 0 Å². The van der Waals surface area contributed by atoms with Gasteiger partial charge in [0, 0.05) is 12.1 Å². The molecule has 1 aliphatic rings. The number of carbonyl (C=O) groups is 1. The van der Waals surface area contributed by atoms with E-state index >= 15 is 0 Å². The van der Waals surface area contributed by atoms with Crippen LogP contribution in [0.3, 0.4) is 0 Å². The van der Waals surface area contributed by atoms with E-state index in [2.05, 4.69) is 29.4 Å². The van der Waals surface area contributed by atoms with Gasteiger partial charge >= 0.3 is 0 Å². The van der Waals surface area contributed by atoms with Crippen LogP contribution in [0.2, 0.25) is 0 Å². The molecule has 0 radical (unpaired) electrons. The van der Waals surface area contributed by atoms with Crippen molar-refractivity contribution in [3.8, 4) is 0 Å². The van der Waals surface area contributed by atoms with E-state index in [0.29, 0.717) is 18.0 Å². The fourth-order valence-corrected chi connectivity index (χ4v) is 1.62. The summed E-state index contributed by atoms with van der Waals surface area (Å²) in [4.78, 5) is 13.5. The summed E-state index contributed by atoms with van der Waals surface area (Å²) in [6, 6.07) is 0. The molecule has 13 heavy (non-hydrogen) atoms. The highest BCUT2D eigenvalue weighted by Crippen LogP contribution is 2.08. The van der Waals surface area contributed by atoms with Crippen molar-refractivity contribution < 1.29 is 4.79 Å². The van der Waals surface area contributed by atoms with Crippen LogP contribution >= 0.6 is 12.6 Å². The Morgan fingerprint density at radius 1 is 1.46 bits per heavy atom. The van der Waals surface area contributed by atoms with Gasteiger partial charge in [-0.1, -0.05) is 6.58 Å². The molecule has 1 aliphatic heterocycles. The Morgan fingerprint density at radius 2 is 2.08 bits per heavy atom. The third-order valence-electron chi connectivity index (χ3n) is 2.17. The van der Waals surface area contributed by atoms with Gasteiger partial charge in [-0.05, 0) is 25.9 Å². The maximum atomic E-state index is 11.2. The molecule has 0 aliphatic carbocycles. The van der Waals surface area contributed by atoms with Gasteiger partial charge in [-0.2, -0.15) is 12.6 Å². The molecule has 0 spiro atoms. The molecule has 1 rings (SSSR count). The zero-order valence-corrected chi connectivity index (χ0v) is 8.65. The summed E-state index contributed by atoms with van der Waals surface area (Å²) in [5.74, 6) is 0.291. The van der Waals surface area contributed by atoms with E-state index in [9.17, 15) is 4.79 Å². The van der Waals surface area contributed by atoms with Crippen LogP contribution in [0.1, 0.15) is 12.8 Å². The van der Waals surface area contributed by atoms with E-state index in [0.717, 1.165) is 13.1 Å². The van der Waals surface area contributed by atoms with Crippen LogP contribution in [0.4, 0.5) is 0 Å². The topological polar surface area (TPSA) is 32.3 Å². The van der Waals surface area contributed by atoms with Crippen LogP contribution in [-0.4, -0.2) is 36.3 Å². The molecule has 1 fully saturated rings. The lowest BCUT2D eigenvalue weighted by Gasteiger charge is -2.15. The molecule has 1 amide bonds. The fraction of sp³-hybridized carbons (Fsp3) is 0.667. The molecule has 0 bridgehead atoms. The van der Waals surface area contributed by atoms with Gasteiger partial charge < -0.3 is 5.32 Å². The van der Waals surface area contributed by atoms with E-state index in [1.54, 1.807) is 0 Å². The highest BCUT2D eigenvalue weighted by Gasteiger charge is 2.15. The van der Waals surface area contributed by atoms with Crippen LogP contribution in [-0.2, 0) is 4.79 Å². The summed E-state index contributed by atoms with van der Waals surface area (Å²) in [6.45, 7) is 6.62. The number of carbonyl (C=O) groups excluding carboxylic acids is 1. The maximum Gasteiger partial charge on any atom is 0.248 e. The van der Waals surface area contributed by atoms with E-state index in [4.69, 9.17) is 0 Å². The second-order valence-electron chi connectivity index (χ2n) is 3.25. The van der Waals surface area contributed by atoms with E-state index in [1.807, 2.05) is 0 Å².